The molecular formula is C44H87NO5. The van der Waals surface area contributed by atoms with Crippen LogP contribution >= 0.6 is 0 Å². The second-order valence-electron chi connectivity index (χ2n) is 15.3. The first-order valence-corrected chi connectivity index (χ1v) is 22.2. The molecule has 0 spiro atoms. The maximum absolute atomic E-state index is 13.0. The highest BCUT2D eigenvalue weighted by Crippen LogP contribution is 2.21. The van der Waals surface area contributed by atoms with Crippen LogP contribution in [-0.4, -0.2) is 60.9 Å². The highest BCUT2D eigenvalue weighted by molar-refractivity contribution is 5.72. The molecule has 0 aliphatic heterocycles. The number of unbranched alkanes of at least 4 members (excludes halogenated alkanes) is 22. The van der Waals surface area contributed by atoms with Gasteiger partial charge in [0.2, 0.25) is 0 Å². The largest absolute Gasteiger partial charge is 0.465 e. The van der Waals surface area contributed by atoms with E-state index in [1.807, 2.05) is 6.92 Å². The summed E-state index contributed by atoms with van der Waals surface area (Å²) in [5.41, 5.74) is 0. The molecule has 0 aromatic heterocycles. The van der Waals surface area contributed by atoms with E-state index in [1.165, 1.54) is 109 Å². The maximum atomic E-state index is 13.0. The number of aliphatic hydroxyl groups is 1. The number of carbonyl (C=O) groups is 2. The zero-order chi connectivity index (χ0) is 36.8. The Bertz CT molecular complexity index is 701. The van der Waals surface area contributed by atoms with Crippen LogP contribution in [0.3, 0.4) is 0 Å². The van der Waals surface area contributed by atoms with Crippen molar-refractivity contribution in [3.8, 4) is 0 Å². The number of aliphatic hydroxyl groups excluding tert-OH is 1. The van der Waals surface area contributed by atoms with Crippen molar-refractivity contribution in [1.29, 1.82) is 0 Å². The quantitative estimate of drug-likeness (QED) is 0.0504. The summed E-state index contributed by atoms with van der Waals surface area (Å²) in [5.74, 6) is 0.124. The highest BCUT2D eigenvalue weighted by Gasteiger charge is 2.19. The lowest BCUT2D eigenvalue weighted by Gasteiger charge is -2.21. The number of nitrogens with zero attached hydrogens (tertiary/aromatic N) is 1. The Labute approximate surface area is 312 Å². The molecule has 0 aromatic carbocycles. The van der Waals surface area contributed by atoms with E-state index in [1.54, 1.807) is 0 Å². The molecule has 0 rings (SSSR count). The molecule has 0 aliphatic rings. The molecule has 0 heterocycles. The molecule has 0 saturated heterocycles. The van der Waals surface area contributed by atoms with Crippen molar-refractivity contribution in [2.45, 2.75) is 233 Å². The first-order chi connectivity index (χ1) is 24.5. The van der Waals surface area contributed by atoms with Crippen LogP contribution in [0.1, 0.15) is 227 Å². The fourth-order valence-corrected chi connectivity index (χ4v) is 6.97. The van der Waals surface area contributed by atoms with Gasteiger partial charge in [0, 0.05) is 13.0 Å². The van der Waals surface area contributed by atoms with Crippen molar-refractivity contribution in [2.75, 3.05) is 32.8 Å². The minimum atomic E-state index is -0.0302. The van der Waals surface area contributed by atoms with E-state index in [4.69, 9.17) is 9.47 Å². The van der Waals surface area contributed by atoms with Crippen LogP contribution in [0.15, 0.2) is 0 Å². The third kappa shape index (κ3) is 34.0. The Balaban J connectivity index is 4.02. The summed E-state index contributed by atoms with van der Waals surface area (Å²) in [4.78, 5) is 27.4. The number of esters is 2. The monoisotopic (exact) mass is 710 g/mol. The molecular weight excluding hydrogens is 622 g/mol. The van der Waals surface area contributed by atoms with E-state index in [-0.39, 0.29) is 30.6 Å². The smallest absolute Gasteiger partial charge is 0.308 e. The summed E-state index contributed by atoms with van der Waals surface area (Å²) < 4.78 is 11.4. The van der Waals surface area contributed by atoms with E-state index >= 15 is 0 Å². The fraction of sp³-hybridized carbons (Fsp3) is 0.955. The van der Waals surface area contributed by atoms with Crippen LogP contribution in [0.25, 0.3) is 0 Å². The van der Waals surface area contributed by atoms with Gasteiger partial charge in [-0.25, -0.2) is 0 Å². The van der Waals surface area contributed by atoms with Gasteiger partial charge in [0.25, 0.3) is 0 Å². The van der Waals surface area contributed by atoms with Crippen molar-refractivity contribution < 1.29 is 24.2 Å². The molecule has 298 valence electrons. The van der Waals surface area contributed by atoms with Gasteiger partial charge in [0.05, 0.1) is 25.2 Å². The molecule has 1 N–H and O–H groups in total. The number of rotatable bonds is 40. The lowest BCUT2D eigenvalue weighted by atomic mass is 9.94. The van der Waals surface area contributed by atoms with Crippen molar-refractivity contribution in [1.82, 2.24) is 4.90 Å². The molecule has 1 atom stereocenters. The van der Waals surface area contributed by atoms with E-state index < -0.39 is 0 Å². The molecule has 50 heavy (non-hydrogen) atoms. The third-order valence-corrected chi connectivity index (χ3v) is 10.3. The molecule has 0 radical (unpaired) electrons. The normalized spacial score (nSPS) is 12.2. The lowest BCUT2D eigenvalue weighted by molar-refractivity contribution is -0.150. The van der Waals surface area contributed by atoms with Gasteiger partial charge in [0.15, 0.2) is 0 Å². The summed E-state index contributed by atoms with van der Waals surface area (Å²) in [6.45, 7) is 12.4. The predicted octanol–water partition coefficient (Wildman–Crippen LogP) is 12.5. The average Bonchev–Trinajstić information content (AvgIpc) is 3.10. The standard InChI is InChI=1S/C44H87NO5/c1-5-8-11-14-18-26-33-42(34-27-19-15-12-9-6-2)44(48)49-40-31-24-17-22-29-36-45(38-39-46)37-30-23-21-25-32-41(4)50-43(47)35-28-20-16-13-10-7-3/h41-42,46H,5-40H2,1-4H3. The molecule has 0 amide bonds. The summed E-state index contributed by atoms with van der Waals surface area (Å²) in [6.07, 6.45) is 36.1. The SMILES string of the molecule is CCCCCCCCC(=O)OC(C)CCCCCCN(CCO)CCCCCCCOC(=O)C(CCCCCCCC)CCCCCCCC. The van der Waals surface area contributed by atoms with E-state index in [0.29, 0.717) is 13.0 Å². The van der Waals surface area contributed by atoms with Crippen molar-refractivity contribution >= 4 is 11.9 Å². The predicted molar refractivity (Wildman–Crippen MR) is 214 cm³/mol. The minimum Gasteiger partial charge on any atom is -0.465 e. The zero-order valence-corrected chi connectivity index (χ0v) is 34.1. The van der Waals surface area contributed by atoms with Gasteiger partial charge in [-0.3, -0.25) is 9.59 Å². The van der Waals surface area contributed by atoms with Gasteiger partial charge >= 0.3 is 11.9 Å². The van der Waals surface area contributed by atoms with Crippen molar-refractivity contribution in [2.24, 2.45) is 5.92 Å². The number of hydrogen-bond donors (Lipinski definition) is 1. The second-order valence-corrected chi connectivity index (χ2v) is 15.3. The van der Waals surface area contributed by atoms with E-state index in [9.17, 15) is 14.7 Å². The Morgan fingerprint density at radius 3 is 1.44 bits per heavy atom. The summed E-state index contributed by atoms with van der Waals surface area (Å²) in [5, 5.41) is 9.55. The molecule has 0 fully saturated rings. The first kappa shape index (κ1) is 48.9. The van der Waals surface area contributed by atoms with Crippen LogP contribution in [0.4, 0.5) is 0 Å². The summed E-state index contributed by atoms with van der Waals surface area (Å²) >= 11 is 0. The Morgan fingerprint density at radius 2 is 0.940 bits per heavy atom. The van der Waals surface area contributed by atoms with Crippen LogP contribution in [0, 0.1) is 5.92 Å². The molecule has 0 aliphatic carbocycles. The van der Waals surface area contributed by atoms with Gasteiger partial charge < -0.3 is 19.5 Å². The number of hydrogen-bond acceptors (Lipinski definition) is 6. The first-order valence-electron chi connectivity index (χ1n) is 22.2. The van der Waals surface area contributed by atoms with Gasteiger partial charge in [-0.1, -0.05) is 162 Å². The molecule has 0 saturated carbocycles. The summed E-state index contributed by atoms with van der Waals surface area (Å²) in [6, 6.07) is 0. The molecule has 0 bridgehead atoms. The number of ether oxygens (including phenoxy) is 2. The maximum Gasteiger partial charge on any atom is 0.308 e. The van der Waals surface area contributed by atoms with E-state index in [0.717, 1.165) is 103 Å². The Morgan fingerprint density at radius 1 is 0.520 bits per heavy atom. The second kappa shape index (κ2) is 39.1. The number of carbonyl (C=O) groups excluding carboxylic acids is 2. The Hall–Kier alpha value is -1.14. The van der Waals surface area contributed by atoms with Gasteiger partial charge in [-0.15, -0.1) is 0 Å². The third-order valence-electron chi connectivity index (χ3n) is 10.3. The van der Waals surface area contributed by atoms with E-state index in [2.05, 4.69) is 25.7 Å². The van der Waals surface area contributed by atoms with Crippen LogP contribution in [-0.2, 0) is 19.1 Å². The minimum absolute atomic E-state index is 0.0160. The summed E-state index contributed by atoms with van der Waals surface area (Å²) in [7, 11) is 0. The Kier molecular flexibility index (Phi) is 38.2. The van der Waals surface area contributed by atoms with Crippen LogP contribution in [0.2, 0.25) is 0 Å². The van der Waals surface area contributed by atoms with Crippen LogP contribution < -0.4 is 0 Å². The highest BCUT2D eigenvalue weighted by atomic mass is 16.5. The van der Waals surface area contributed by atoms with Crippen LogP contribution in [0.5, 0.6) is 0 Å². The average molecular weight is 710 g/mol. The zero-order valence-electron chi connectivity index (χ0n) is 34.1. The van der Waals surface area contributed by atoms with Crippen molar-refractivity contribution in [3.63, 3.8) is 0 Å². The van der Waals surface area contributed by atoms with Gasteiger partial charge in [-0.2, -0.15) is 0 Å². The topological polar surface area (TPSA) is 76.1 Å². The fourth-order valence-electron chi connectivity index (χ4n) is 6.97. The van der Waals surface area contributed by atoms with Gasteiger partial charge in [0.1, 0.15) is 0 Å². The molecule has 6 nitrogen and oxygen atoms in total. The molecule has 0 aromatic rings. The van der Waals surface area contributed by atoms with Crippen molar-refractivity contribution in [3.05, 3.63) is 0 Å². The molecule has 6 heteroatoms. The van der Waals surface area contributed by atoms with Gasteiger partial charge in [-0.05, 0) is 71.4 Å². The molecule has 1 unspecified atom stereocenters. The lowest BCUT2D eigenvalue weighted by Crippen LogP contribution is -2.29.